The lowest BCUT2D eigenvalue weighted by Crippen LogP contribution is -2.27. The fourth-order valence-electron chi connectivity index (χ4n) is 2.17. The van der Waals surface area contributed by atoms with Crippen molar-refractivity contribution < 1.29 is 4.79 Å². The van der Waals surface area contributed by atoms with Crippen LogP contribution in [0.3, 0.4) is 0 Å². The number of halogens is 1. The summed E-state index contributed by atoms with van der Waals surface area (Å²) in [5.41, 5.74) is 6.55. The van der Waals surface area contributed by atoms with E-state index in [1.807, 2.05) is 24.3 Å². The van der Waals surface area contributed by atoms with E-state index < -0.39 is 0 Å². The van der Waals surface area contributed by atoms with Crippen molar-refractivity contribution in [3.63, 3.8) is 0 Å². The van der Waals surface area contributed by atoms with E-state index in [9.17, 15) is 4.79 Å². The van der Waals surface area contributed by atoms with Crippen molar-refractivity contribution in [2.75, 3.05) is 6.54 Å². The number of amides is 1. The number of benzene rings is 1. The second-order valence-electron chi connectivity index (χ2n) is 5.03. The first-order chi connectivity index (χ1) is 9.67. The number of rotatable bonds is 9. The molecule has 3 nitrogen and oxygen atoms in total. The van der Waals surface area contributed by atoms with Crippen molar-refractivity contribution >= 4 is 17.5 Å². The highest BCUT2D eigenvalue weighted by Crippen LogP contribution is 2.19. The lowest BCUT2D eigenvalue weighted by atomic mass is 10.0. The smallest absolute Gasteiger partial charge is 0.220 e. The van der Waals surface area contributed by atoms with Gasteiger partial charge in [0.05, 0.1) is 6.04 Å². The van der Waals surface area contributed by atoms with Crippen LogP contribution < -0.4 is 11.1 Å². The van der Waals surface area contributed by atoms with E-state index in [1.54, 1.807) is 0 Å². The number of hydrogen-bond donors (Lipinski definition) is 2. The summed E-state index contributed by atoms with van der Waals surface area (Å²) < 4.78 is 0. The van der Waals surface area contributed by atoms with Gasteiger partial charge >= 0.3 is 0 Å². The van der Waals surface area contributed by atoms with Crippen molar-refractivity contribution in [1.82, 2.24) is 5.32 Å². The number of carbonyl (C=O) groups excluding carboxylic acids is 1. The van der Waals surface area contributed by atoms with Gasteiger partial charge in [0.25, 0.3) is 0 Å². The Morgan fingerprint density at radius 2 is 1.85 bits per heavy atom. The molecule has 0 saturated heterocycles. The fourth-order valence-corrected chi connectivity index (χ4v) is 2.29. The molecular weight excluding hydrogens is 272 g/mol. The van der Waals surface area contributed by atoms with Gasteiger partial charge in [-0.05, 0) is 43.5 Å². The predicted molar refractivity (Wildman–Crippen MR) is 84.8 cm³/mol. The molecule has 3 N–H and O–H groups in total. The van der Waals surface area contributed by atoms with Gasteiger partial charge in [-0.1, -0.05) is 43.5 Å². The molecular formula is C16H25ClN2O. The first-order valence-electron chi connectivity index (χ1n) is 7.42. The largest absolute Gasteiger partial charge is 0.349 e. The minimum Gasteiger partial charge on any atom is -0.349 e. The van der Waals surface area contributed by atoms with Gasteiger partial charge in [-0.2, -0.15) is 0 Å². The van der Waals surface area contributed by atoms with Crippen LogP contribution in [0.15, 0.2) is 24.3 Å². The Morgan fingerprint density at radius 3 is 2.45 bits per heavy atom. The van der Waals surface area contributed by atoms with Gasteiger partial charge in [-0.25, -0.2) is 0 Å². The maximum Gasteiger partial charge on any atom is 0.220 e. The molecule has 0 aliphatic rings. The molecule has 1 atom stereocenters. The molecule has 0 aliphatic heterocycles. The van der Waals surface area contributed by atoms with E-state index in [4.69, 9.17) is 17.3 Å². The van der Waals surface area contributed by atoms with Crippen molar-refractivity contribution in [3.8, 4) is 0 Å². The Labute approximate surface area is 126 Å². The van der Waals surface area contributed by atoms with E-state index in [1.165, 1.54) is 0 Å². The minimum atomic E-state index is 0.0730. The van der Waals surface area contributed by atoms with Gasteiger partial charge in [0.2, 0.25) is 5.91 Å². The zero-order valence-corrected chi connectivity index (χ0v) is 13.0. The lowest BCUT2D eigenvalue weighted by molar-refractivity contribution is -0.122. The molecule has 112 valence electrons. The molecule has 1 aromatic carbocycles. The van der Waals surface area contributed by atoms with Crippen LogP contribution in [0.2, 0.25) is 5.02 Å². The van der Waals surface area contributed by atoms with Crippen molar-refractivity contribution in [1.29, 1.82) is 0 Å². The summed E-state index contributed by atoms with van der Waals surface area (Å²) in [5, 5.41) is 3.80. The standard InChI is InChI=1S/C16H25ClN2O/c1-2-15(13-8-10-14(17)11-9-13)19-16(20)7-5-3-4-6-12-18/h8-11,15H,2-7,12,18H2,1H3,(H,19,20). The predicted octanol–water partition coefficient (Wildman–Crippen LogP) is 3.82. The van der Waals surface area contributed by atoms with Crippen LogP contribution >= 0.6 is 11.6 Å². The molecule has 0 heterocycles. The van der Waals surface area contributed by atoms with E-state index in [0.29, 0.717) is 6.42 Å². The average molecular weight is 297 g/mol. The first-order valence-corrected chi connectivity index (χ1v) is 7.80. The summed E-state index contributed by atoms with van der Waals surface area (Å²) in [6, 6.07) is 7.73. The number of nitrogens with two attached hydrogens (primary N) is 1. The van der Waals surface area contributed by atoms with Crippen LogP contribution in [0, 0.1) is 0 Å². The molecule has 0 fully saturated rings. The van der Waals surface area contributed by atoms with Gasteiger partial charge in [0, 0.05) is 11.4 Å². The number of hydrogen-bond acceptors (Lipinski definition) is 2. The molecule has 4 heteroatoms. The molecule has 20 heavy (non-hydrogen) atoms. The van der Waals surface area contributed by atoms with Crippen LogP contribution in [-0.4, -0.2) is 12.5 Å². The van der Waals surface area contributed by atoms with Crippen molar-refractivity contribution in [3.05, 3.63) is 34.9 Å². The Morgan fingerprint density at radius 1 is 1.20 bits per heavy atom. The van der Waals surface area contributed by atoms with Gasteiger partial charge in [-0.3, -0.25) is 4.79 Å². The normalized spacial score (nSPS) is 12.2. The second kappa shape index (κ2) is 9.78. The summed E-state index contributed by atoms with van der Waals surface area (Å²) >= 11 is 5.88. The Hall–Kier alpha value is -1.06. The number of carbonyl (C=O) groups is 1. The average Bonchev–Trinajstić information content (AvgIpc) is 2.45. The van der Waals surface area contributed by atoms with Crippen LogP contribution in [0.4, 0.5) is 0 Å². The Balaban J connectivity index is 2.36. The molecule has 0 aromatic heterocycles. The van der Waals surface area contributed by atoms with E-state index in [-0.39, 0.29) is 11.9 Å². The quantitative estimate of drug-likeness (QED) is 0.681. The van der Waals surface area contributed by atoms with Crippen LogP contribution in [-0.2, 0) is 4.79 Å². The van der Waals surface area contributed by atoms with E-state index >= 15 is 0 Å². The molecule has 1 amide bonds. The molecule has 0 spiro atoms. The fraction of sp³-hybridized carbons (Fsp3) is 0.562. The Bertz CT molecular complexity index is 392. The highest BCUT2D eigenvalue weighted by Gasteiger charge is 2.12. The minimum absolute atomic E-state index is 0.0730. The first kappa shape index (κ1) is 17.0. The third-order valence-electron chi connectivity index (χ3n) is 3.37. The summed E-state index contributed by atoms with van der Waals surface area (Å²) in [6.07, 6.45) is 5.63. The maximum absolute atomic E-state index is 11.9. The van der Waals surface area contributed by atoms with Crippen LogP contribution in [0.5, 0.6) is 0 Å². The molecule has 1 rings (SSSR count). The lowest BCUT2D eigenvalue weighted by Gasteiger charge is -2.17. The topological polar surface area (TPSA) is 55.1 Å². The SMILES string of the molecule is CCC(NC(=O)CCCCCCN)c1ccc(Cl)cc1. The number of nitrogens with one attached hydrogen (secondary N) is 1. The maximum atomic E-state index is 11.9. The molecule has 0 saturated carbocycles. The molecule has 0 radical (unpaired) electrons. The number of unbranched alkanes of at least 4 members (excludes halogenated alkanes) is 3. The van der Waals surface area contributed by atoms with E-state index in [2.05, 4.69) is 12.2 Å². The van der Waals surface area contributed by atoms with Gasteiger partial charge in [0.1, 0.15) is 0 Å². The van der Waals surface area contributed by atoms with Crippen molar-refractivity contribution in [2.45, 2.75) is 51.5 Å². The van der Waals surface area contributed by atoms with E-state index in [0.717, 1.165) is 49.2 Å². The monoisotopic (exact) mass is 296 g/mol. The third-order valence-corrected chi connectivity index (χ3v) is 3.63. The zero-order chi connectivity index (χ0) is 14.8. The van der Waals surface area contributed by atoms with Crippen LogP contribution in [0.1, 0.15) is 57.1 Å². The van der Waals surface area contributed by atoms with Crippen molar-refractivity contribution in [2.24, 2.45) is 5.73 Å². The summed E-state index contributed by atoms with van der Waals surface area (Å²) in [5.74, 6) is 0.125. The highest BCUT2D eigenvalue weighted by atomic mass is 35.5. The summed E-state index contributed by atoms with van der Waals surface area (Å²) in [4.78, 5) is 11.9. The van der Waals surface area contributed by atoms with Gasteiger partial charge in [-0.15, -0.1) is 0 Å². The summed E-state index contributed by atoms with van der Waals surface area (Å²) in [6.45, 7) is 2.81. The van der Waals surface area contributed by atoms with Gasteiger partial charge < -0.3 is 11.1 Å². The molecule has 1 aromatic rings. The second-order valence-corrected chi connectivity index (χ2v) is 5.47. The van der Waals surface area contributed by atoms with Crippen LogP contribution in [0.25, 0.3) is 0 Å². The highest BCUT2D eigenvalue weighted by molar-refractivity contribution is 6.30. The zero-order valence-electron chi connectivity index (χ0n) is 12.2. The van der Waals surface area contributed by atoms with Gasteiger partial charge in [0.15, 0.2) is 0 Å². The third kappa shape index (κ3) is 6.40. The molecule has 0 bridgehead atoms. The molecule has 1 unspecified atom stereocenters. The molecule has 0 aliphatic carbocycles. The summed E-state index contributed by atoms with van der Waals surface area (Å²) in [7, 11) is 0. The Kier molecular flexibility index (Phi) is 8.31.